The SMILES string of the molecule is CC(C)N1CCCC2(CCCN2C(=O)c2cccc(-c3ccc(O)cc3)c2)C1=O. The number of nitrogens with zero attached hydrogens (tertiary/aromatic N) is 2. The van der Waals surface area contributed by atoms with Crippen molar-refractivity contribution in [3.05, 3.63) is 54.1 Å². The van der Waals surface area contributed by atoms with E-state index < -0.39 is 5.54 Å². The number of likely N-dealkylation sites (tertiary alicyclic amines) is 2. The van der Waals surface area contributed by atoms with Crippen LogP contribution in [0.25, 0.3) is 11.1 Å². The first-order valence-corrected chi connectivity index (χ1v) is 10.4. The number of piperidine rings is 1. The topological polar surface area (TPSA) is 60.9 Å². The number of carbonyl (C=O) groups excluding carboxylic acids is 2. The normalized spacial score (nSPS) is 22.0. The Hall–Kier alpha value is -2.82. The lowest BCUT2D eigenvalue weighted by atomic mass is 9.84. The Morgan fingerprint density at radius 1 is 1.00 bits per heavy atom. The number of phenolic OH excluding ortho intramolecular Hbond substituents is 1. The van der Waals surface area contributed by atoms with Crippen molar-refractivity contribution in [1.82, 2.24) is 9.80 Å². The molecule has 29 heavy (non-hydrogen) atoms. The molecule has 1 spiro atoms. The lowest BCUT2D eigenvalue weighted by Gasteiger charge is -2.46. The Labute approximate surface area is 171 Å². The van der Waals surface area contributed by atoms with Crippen molar-refractivity contribution in [3.8, 4) is 16.9 Å². The number of aromatic hydroxyl groups is 1. The highest BCUT2D eigenvalue weighted by Crippen LogP contribution is 2.40. The molecule has 2 amide bonds. The summed E-state index contributed by atoms with van der Waals surface area (Å²) in [5, 5.41) is 9.52. The lowest BCUT2D eigenvalue weighted by molar-refractivity contribution is -0.147. The van der Waals surface area contributed by atoms with E-state index in [1.54, 1.807) is 12.1 Å². The quantitative estimate of drug-likeness (QED) is 0.857. The van der Waals surface area contributed by atoms with Gasteiger partial charge in [0.25, 0.3) is 5.91 Å². The van der Waals surface area contributed by atoms with Crippen molar-refractivity contribution >= 4 is 11.8 Å². The summed E-state index contributed by atoms with van der Waals surface area (Å²) in [5.41, 5.74) is 1.77. The summed E-state index contributed by atoms with van der Waals surface area (Å²) < 4.78 is 0. The van der Waals surface area contributed by atoms with E-state index in [2.05, 4.69) is 0 Å². The van der Waals surface area contributed by atoms with Gasteiger partial charge in [0.15, 0.2) is 0 Å². The number of hydrogen-bond acceptors (Lipinski definition) is 3. The Balaban J connectivity index is 1.65. The van der Waals surface area contributed by atoms with E-state index in [4.69, 9.17) is 0 Å². The molecule has 1 atom stereocenters. The van der Waals surface area contributed by atoms with E-state index in [1.165, 1.54) is 0 Å². The number of phenols is 1. The molecule has 0 aliphatic carbocycles. The van der Waals surface area contributed by atoms with Crippen molar-refractivity contribution < 1.29 is 14.7 Å². The summed E-state index contributed by atoms with van der Waals surface area (Å²) in [6.07, 6.45) is 3.29. The van der Waals surface area contributed by atoms with Crippen LogP contribution < -0.4 is 0 Å². The van der Waals surface area contributed by atoms with Gasteiger partial charge in [-0.15, -0.1) is 0 Å². The molecule has 0 radical (unpaired) electrons. The van der Waals surface area contributed by atoms with Gasteiger partial charge in [0.1, 0.15) is 11.3 Å². The number of hydrogen-bond donors (Lipinski definition) is 1. The average molecular weight is 392 g/mol. The fourth-order valence-electron chi connectivity index (χ4n) is 4.81. The molecule has 2 aromatic rings. The highest BCUT2D eigenvalue weighted by Gasteiger charge is 2.53. The third-order valence-electron chi connectivity index (χ3n) is 6.32. The van der Waals surface area contributed by atoms with Crippen LogP contribution in [0.4, 0.5) is 0 Å². The second kappa shape index (κ2) is 7.54. The Morgan fingerprint density at radius 3 is 2.38 bits per heavy atom. The largest absolute Gasteiger partial charge is 0.508 e. The van der Waals surface area contributed by atoms with E-state index in [1.807, 2.05) is 60.0 Å². The zero-order valence-corrected chi connectivity index (χ0v) is 17.1. The smallest absolute Gasteiger partial charge is 0.254 e. The summed E-state index contributed by atoms with van der Waals surface area (Å²) >= 11 is 0. The highest BCUT2D eigenvalue weighted by atomic mass is 16.3. The van der Waals surface area contributed by atoms with Crippen LogP contribution in [0.3, 0.4) is 0 Å². The maximum atomic E-state index is 13.5. The molecule has 5 nitrogen and oxygen atoms in total. The van der Waals surface area contributed by atoms with Gasteiger partial charge in [-0.1, -0.05) is 24.3 Å². The van der Waals surface area contributed by atoms with Gasteiger partial charge < -0.3 is 14.9 Å². The molecule has 2 aromatic carbocycles. The molecule has 152 valence electrons. The minimum absolute atomic E-state index is 0.0675. The van der Waals surface area contributed by atoms with Gasteiger partial charge in [0, 0.05) is 24.7 Å². The summed E-state index contributed by atoms with van der Waals surface area (Å²) in [4.78, 5) is 30.6. The molecule has 2 aliphatic heterocycles. The van der Waals surface area contributed by atoms with Gasteiger partial charge in [0.2, 0.25) is 5.91 Å². The number of carbonyl (C=O) groups is 2. The van der Waals surface area contributed by atoms with Crippen LogP contribution >= 0.6 is 0 Å². The molecule has 4 rings (SSSR count). The molecule has 2 fully saturated rings. The van der Waals surface area contributed by atoms with Gasteiger partial charge in [0.05, 0.1) is 0 Å². The Kier molecular flexibility index (Phi) is 5.07. The second-order valence-electron chi connectivity index (χ2n) is 8.42. The van der Waals surface area contributed by atoms with Gasteiger partial charge in [-0.2, -0.15) is 0 Å². The van der Waals surface area contributed by atoms with Gasteiger partial charge in [-0.25, -0.2) is 0 Å². The average Bonchev–Trinajstić information content (AvgIpc) is 3.14. The molecule has 1 unspecified atom stereocenters. The van der Waals surface area contributed by atoms with Crippen LogP contribution in [-0.4, -0.2) is 51.4 Å². The third-order valence-corrected chi connectivity index (χ3v) is 6.32. The van der Waals surface area contributed by atoms with Crippen LogP contribution in [0.5, 0.6) is 5.75 Å². The number of amides is 2. The first-order chi connectivity index (χ1) is 13.9. The molecular weight excluding hydrogens is 364 g/mol. The number of benzene rings is 2. The van der Waals surface area contributed by atoms with E-state index in [0.717, 1.165) is 43.4 Å². The maximum Gasteiger partial charge on any atom is 0.254 e. The molecule has 1 N–H and O–H groups in total. The van der Waals surface area contributed by atoms with Crippen LogP contribution in [0, 0.1) is 0 Å². The van der Waals surface area contributed by atoms with E-state index in [9.17, 15) is 14.7 Å². The first-order valence-electron chi connectivity index (χ1n) is 10.4. The molecule has 0 saturated carbocycles. The van der Waals surface area contributed by atoms with E-state index >= 15 is 0 Å². The highest BCUT2D eigenvalue weighted by molar-refractivity contribution is 6.00. The zero-order chi connectivity index (χ0) is 20.6. The van der Waals surface area contributed by atoms with Gasteiger partial charge in [-0.05, 0) is 74.9 Å². The minimum Gasteiger partial charge on any atom is -0.508 e. The van der Waals surface area contributed by atoms with E-state index in [-0.39, 0.29) is 23.6 Å². The lowest BCUT2D eigenvalue weighted by Crippen LogP contribution is -2.62. The van der Waals surface area contributed by atoms with Gasteiger partial charge in [-0.3, -0.25) is 9.59 Å². The predicted octanol–water partition coefficient (Wildman–Crippen LogP) is 4.06. The monoisotopic (exact) mass is 392 g/mol. The standard InChI is InChI=1S/C24H28N2O3/c1-17(2)25-14-4-12-24(23(25)29)13-5-15-26(24)22(28)20-7-3-6-19(16-20)18-8-10-21(27)11-9-18/h3,6-11,16-17,27H,4-5,12-15H2,1-2H3. The predicted molar refractivity (Wildman–Crippen MR) is 113 cm³/mol. The van der Waals surface area contributed by atoms with Crippen molar-refractivity contribution in [1.29, 1.82) is 0 Å². The fourth-order valence-corrected chi connectivity index (χ4v) is 4.81. The van der Waals surface area contributed by atoms with E-state index in [0.29, 0.717) is 12.1 Å². The third kappa shape index (κ3) is 3.39. The maximum absolute atomic E-state index is 13.5. The molecule has 2 saturated heterocycles. The van der Waals surface area contributed by atoms with Crippen molar-refractivity contribution in [2.24, 2.45) is 0 Å². The summed E-state index contributed by atoms with van der Waals surface area (Å²) in [6, 6.07) is 14.6. The van der Waals surface area contributed by atoms with Crippen molar-refractivity contribution in [2.45, 2.75) is 51.1 Å². The summed E-state index contributed by atoms with van der Waals surface area (Å²) in [6.45, 7) is 5.48. The van der Waals surface area contributed by atoms with Crippen LogP contribution in [0.15, 0.2) is 48.5 Å². The zero-order valence-electron chi connectivity index (χ0n) is 17.1. The summed E-state index contributed by atoms with van der Waals surface area (Å²) in [7, 11) is 0. The number of rotatable bonds is 3. The molecule has 2 aliphatic rings. The minimum atomic E-state index is -0.686. The molecule has 5 heteroatoms. The van der Waals surface area contributed by atoms with Crippen LogP contribution in [0.1, 0.15) is 49.9 Å². The summed E-state index contributed by atoms with van der Waals surface area (Å²) in [5.74, 6) is 0.256. The Bertz CT molecular complexity index is 922. The molecular formula is C24H28N2O3. The fraction of sp³-hybridized carbons (Fsp3) is 0.417. The molecule has 2 heterocycles. The van der Waals surface area contributed by atoms with Gasteiger partial charge >= 0.3 is 0 Å². The van der Waals surface area contributed by atoms with Crippen molar-refractivity contribution in [2.75, 3.05) is 13.1 Å². The first kappa shape index (κ1) is 19.5. The van der Waals surface area contributed by atoms with Crippen LogP contribution in [-0.2, 0) is 4.79 Å². The van der Waals surface area contributed by atoms with Crippen molar-refractivity contribution in [3.63, 3.8) is 0 Å². The molecule has 0 bridgehead atoms. The molecule has 0 aromatic heterocycles. The second-order valence-corrected chi connectivity index (χ2v) is 8.42. The van der Waals surface area contributed by atoms with Crippen LogP contribution in [0.2, 0.25) is 0 Å². The Morgan fingerprint density at radius 2 is 1.69 bits per heavy atom.